The quantitative estimate of drug-likeness (QED) is 0.636. The van der Waals surface area contributed by atoms with Crippen LogP contribution >= 0.6 is 0 Å². The Labute approximate surface area is 70.6 Å². The molecule has 0 heterocycles. The molecule has 1 N–H and O–H groups in total. The molecular formula is C8H11NO3. The van der Waals surface area contributed by atoms with E-state index in [0.29, 0.717) is 12.1 Å². The molecule has 4 nitrogen and oxygen atoms in total. The van der Waals surface area contributed by atoms with Crippen molar-refractivity contribution >= 4 is 11.9 Å². The molecule has 12 heavy (non-hydrogen) atoms. The molecule has 4 heteroatoms. The number of carbonyl (C=O) groups is 2. The van der Waals surface area contributed by atoms with Crippen LogP contribution in [0.25, 0.3) is 0 Å². The monoisotopic (exact) mass is 169 g/mol. The van der Waals surface area contributed by atoms with Crippen molar-refractivity contribution < 1.29 is 14.3 Å². The molecule has 0 aromatic rings. The van der Waals surface area contributed by atoms with Crippen LogP contribution in [-0.2, 0) is 9.53 Å². The molecular weight excluding hydrogens is 158 g/mol. The van der Waals surface area contributed by atoms with E-state index >= 15 is 0 Å². The number of nitrogens with one attached hydrogen (secondary N) is 1. The maximum atomic E-state index is 11.1. The van der Waals surface area contributed by atoms with Gasteiger partial charge in [-0.1, -0.05) is 6.08 Å². The Hall–Kier alpha value is -1.32. The highest BCUT2D eigenvalue weighted by atomic mass is 16.5. The standard InChI is InChI=1S/C8H11NO3/c1-12-8(11)9-6-4-2-3-5-7(6)10/h4H,2-3,5H2,1H3,(H,9,11). The fourth-order valence-corrected chi connectivity index (χ4v) is 1.04. The summed E-state index contributed by atoms with van der Waals surface area (Å²) >= 11 is 0. The van der Waals surface area contributed by atoms with E-state index in [0.717, 1.165) is 12.8 Å². The Morgan fingerprint density at radius 1 is 1.67 bits per heavy atom. The molecule has 0 aliphatic heterocycles. The molecule has 1 aliphatic rings. The SMILES string of the molecule is COC(=O)NC1=CCCCC1=O. The number of ether oxygens (including phenoxy) is 1. The van der Waals surface area contributed by atoms with Crippen molar-refractivity contribution in [1.82, 2.24) is 5.32 Å². The van der Waals surface area contributed by atoms with E-state index in [9.17, 15) is 9.59 Å². The zero-order valence-electron chi connectivity index (χ0n) is 6.92. The van der Waals surface area contributed by atoms with Gasteiger partial charge in [-0.2, -0.15) is 0 Å². The summed E-state index contributed by atoms with van der Waals surface area (Å²) in [7, 11) is 1.27. The molecule has 1 rings (SSSR count). The van der Waals surface area contributed by atoms with Gasteiger partial charge in [0.05, 0.1) is 12.8 Å². The number of ketones is 1. The lowest BCUT2D eigenvalue weighted by Gasteiger charge is -2.11. The van der Waals surface area contributed by atoms with E-state index in [1.165, 1.54) is 7.11 Å². The molecule has 66 valence electrons. The summed E-state index contributed by atoms with van der Waals surface area (Å²) in [5, 5.41) is 2.37. The second kappa shape index (κ2) is 3.90. The van der Waals surface area contributed by atoms with Crippen LogP contribution in [0.5, 0.6) is 0 Å². The Morgan fingerprint density at radius 3 is 3.00 bits per heavy atom. The highest BCUT2D eigenvalue weighted by molar-refractivity contribution is 5.98. The summed E-state index contributed by atoms with van der Waals surface area (Å²) in [6, 6.07) is 0. The van der Waals surface area contributed by atoms with Gasteiger partial charge in [-0.3, -0.25) is 10.1 Å². The molecule has 1 amide bonds. The maximum Gasteiger partial charge on any atom is 0.411 e. The zero-order chi connectivity index (χ0) is 8.97. The van der Waals surface area contributed by atoms with Crippen molar-refractivity contribution in [2.24, 2.45) is 0 Å². The maximum absolute atomic E-state index is 11.1. The minimum absolute atomic E-state index is 0.0216. The third-order valence-corrected chi connectivity index (χ3v) is 1.68. The molecule has 0 saturated heterocycles. The first kappa shape index (κ1) is 8.77. The van der Waals surface area contributed by atoms with Crippen LogP contribution in [0.4, 0.5) is 4.79 Å². The number of methoxy groups -OCH3 is 1. The average Bonchev–Trinajstić information content (AvgIpc) is 2.09. The lowest BCUT2D eigenvalue weighted by molar-refractivity contribution is -0.116. The first-order valence-electron chi connectivity index (χ1n) is 3.82. The van der Waals surface area contributed by atoms with E-state index in [1.807, 2.05) is 0 Å². The summed E-state index contributed by atoms with van der Waals surface area (Å²) < 4.78 is 4.36. The van der Waals surface area contributed by atoms with Gasteiger partial charge in [0, 0.05) is 6.42 Å². The van der Waals surface area contributed by atoms with Crippen molar-refractivity contribution in [3.8, 4) is 0 Å². The molecule has 1 aliphatic carbocycles. The van der Waals surface area contributed by atoms with Crippen LogP contribution in [0, 0.1) is 0 Å². The van der Waals surface area contributed by atoms with E-state index in [2.05, 4.69) is 10.1 Å². The fraction of sp³-hybridized carbons (Fsp3) is 0.500. The Kier molecular flexibility index (Phi) is 2.85. The molecule has 0 aromatic heterocycles. The van der Waals surface area contributed by atoms with Gasteiger partial charge in [0.25, 0.3) is 0 Å². The molecule has 0 bridgehead atoms. The zero-order valence-corrected chi connectivity index (χ0v) is 6.92. The van der Waals surface area contributed by atoms with Crippen molar-refractivity contribution in [2.75, 3.05) is 7.11 Å². The summed E-state index contributed by atoms with van der Waals surface area (Å²) in [5.41, 5.74) is 0.369. The van der Waals surface area contributed by atoms with Gasteiger partial charge in [-0.15, -0.1) is 0 Å². The lowest BCUT2D eigenvalue weighted by atomic mass is 10.0. The van der Waals surface area contributed by atoms with Crippen LogP contribution in [0.2, 0.25) is 0 Å². The van der Waals surface area contributed by atoms with Gasteiger partial charge >= 0.3 is 6.09 Å². The second-order valence-corrected chi connectivity index (χ2v) is 2.55. The van der Waals surface area contributed by atoms with Crippen LogP contribution in [0.15, 0.2) is 11.8 Å². The first-order chi connectivity index (χ1) is 5.74. The predicted molar refractivity (Wildman–Crippen MR) is 42.5 cm³/mol. The van der Waals surface area contributed by atoms with E-state index in [4.69, 9.17) is 0 Å². The Morgan fingerprint density at radius 2 is 2.42 bits per heavy atom. The molecule has 0 fully saturated rings. The number of amides is 1. The number of allylic oxidation sites excluding steroid dienone is 2. The number of alkyl carbamates (subject to hydrolysis) is 1. The highest BCUT2D eigenvalue weighted by Gasteiger charge is 2.15. The van der Waals surface area contributed by atoms with Crippen LogP contribution in [0.3, 0.4) is 0 Å². The number of hydrogen-bond donors (Lipinski definition) is 1. The molecule has 0 radical (unpaired) electrons. The van der Waals surface area contributed by atoms with Gasteiger partial charge in [-0.05, 0) is 12.8 Å². The minimum atomic E-state index is -0.587. The molecule has 0 unspecified atom stereocenters. The van der Waals surface area contributed by atoms with Gasteiger partial charge < -0.3 is 4.74 Å². The largest absolute Gasteiger partial charge is 0.453 e. The lowest BCUT2D eigenvalue weighted by Crippen LogP contribution is -2.28. The van der Waals surface area contributed by atoms with Gasteiger partial charge in [-0.25, -0.2) is 4.79 Å². The van der Waals surface area contributed by atoms with Gasteiger partial charge in [0.2, 0.25) is 0 Å². The number of rotatable bonds is 1. The third-order valence-electron chi connectivity index (χ3n) is 1.68. The summed E-state index contributed by atoms with van der Waals surface area (Å²) in [5.74, 6) is -0.0216. The fourth-order valence-electron chi connectivity index (χ4n) is 1.04. The van der Waals surface area contributed by atoms with E-state index in [-0.39, 0.29) is 5.78 Å². The van der Waals surface area contributed by atoms with Gasteiger partial charge in [0.1, 0.15) is 0 Å². The smallest absolute Gasteiger partial charge is 0.411 e. The molecule has 0 aromatic carbocycles. The van der Waals surface area contributed by atoms with Crippen LogP contribution in [0.1, 0.15) is 19.3 Å². The number of hydrogen-bond acceptors (Lipinski definition) is 3. The Bertz CT molecular complexity index is 232. The van der Waals surface area contributed by atoms with Crippen molar-refractivity contribution in [3.05, 3.63) is 11.8 Å². The second-order valence-electron chi connectivity index (χ2n) is 2.55. The third kappa shape index (κ3) is 2.08. The summed E-state index contributed by atoms with van der Waals surface area (Å²) in [6.45, 7) is 0. The predicted octanol–water partition coefficient (Wildman–Crippen LogP) is 0.979. The first-order valence-corrected chi connectivity index (χ1v) is 3.82. The Balaban J connectivity index is 2.55. The molecule has 0 saturated carbocycles. The summed E-state index contributed by atoms with van der Waals surface area (Å²) in [4.78, 5) is 21.8. The van der Waals surface area contributed by atoms with E-state index in [1.54, 1.807) is 6.08 Å². The normalized spacial score (nSPS) is 16.8. The van der Waals surface area contributed by atoms with Crippen molar-refractivity contribution in [3.63, 3.8) is 0 Å². The van der Waals surface area contributed by atoms with Crippen LogP contribution in [-0.4, -0.2) is 19.0 Å². The summed E-state index contributed by atoms with van der Waals surface area (Å²) in [6.07, 6.45) is 3.35. The highest BCUT2D eigenvalue weighted by Crippen LogP contribution is 2.11. The van der Waals surface area contributed by atoms with E-state index < -0.39 is 6.09 Å². The molecule has 0 atom stereocenters. The number of carbonyl (C=O) groups excluding carboxylic acids is 2. The van der Waals surface area contributed by atoms with Crippen molar-refractivity contribution in [2.45, 2.75) is 19.3 Å². The van der Waals surface area contributed by atoms with Gasteiger partial charge in [0.15, 0.2) is 5.78 Å². The topological polar surface area (TPSA) is 55.4 Å². The number of Topliss-reactive ketones (excluding diaryl/α,β-unsaturated/α-hetero) is 1. The molecule has 0 spiro atoms. The average molecular weight is 169 g/mol. The minimum Gasteiger partial charge on any atom is -0.453 e. The van der Waals surface area contributed by atoms with Crippen LogP contribution < -0.4 is 5.32 Å². The van der Waals surface area contributed by atoms with Crippen molar-refractivity contribution in [1.29, 1.82) is 0 Å².